The Morgan fingerprint density at radius 3 is 2.52 bits per heavy atom. The minimum absolute atomic E-state index is 0.0784. The minimum Gasteiger partial charge on any atom is -0.481 e. The van der Waals surface area contributed by atoms with Gasteiger partial charge in [-0.1, -0.05) is 36.4 Å². The molecule has 1 heterocycles. The Balaban J connectivity index is 1.91. The maximum absolute atomic E-state index is 14.0. The number of piperazine rings is 1. The van der Waals surface area contributed by atoms with Crippen molar-refractivity contribution in [2.24, 2.45) is 10.9 Å². The molecule has 3 N–H and O–H groups in total. The standard InChI is InChI=1S/C23H27FN4O4S/c1-16(20(14-22(29)30)23(25)17-5-3-2-4-6-17)27-15-18-7-8-19(24)13-21(18)33(31,32)28-11-9-26-10-12-28/h2-8,13,20,25-26H,9-12,14-15H2,1H3,(H,29,30). The Morgan fingerprint density at radius 2 is 1.88 bits per heavy atom. The Kier molecular flexibility index (Phi) is 8.06. The van der Waals surface area contributed by atoms with Crippen LogP contribution in [0.4, 0.5) is 4.39 Å². The molecule has 176 valence electrons. The lowest BCUT2D eigenvalue weighted by Gasteiger charge is -2.27. The van der Waals surface area contributed by atoms with Crippen LogP contribution < -0.4 is 5.32 Å². The van der Waals surface area contributed by atoms with Gasteiger partial charge in [-0.25, -0.2) is 12.8 Å². The average molecular weight is 475 g/mol. The molecule has 1 atom stereocenters. The fraction of sp³-hybridized carbons (Fsp3) is 0.348. The fourth-order valence-electron chi connectivity index (χ4n) is 3.70. The Bertz CT molecular complexity index is 1150. The van der Waals surface area contributed by atoms with E-state index >= 15 is 0 Å². The van der Waals surface area contributed by atoms with Gasteiger partial charge in [-0.15, -0.1) is 0 Å². The summed E-state index contributed by atoms with van der Waals surface area (Å²) in [4.78, 5) is 15.7. The third-order valence-corrected chi connectivity index (χ3v) is 7.52. The number of hydrogen-bond acceptors (Lipinski definition) is 6. The van der Waals surface area contributed by atoms with E-state index in [1.54, 1.807) is 37.3 Å². The molecule has 1 fully saturated rings. The van der Waals surface area contributed by atoms with Crippen molar-refractivity contribution < 1.29 is 22.7 Å². The predicted molar refractivity (Wildman–Crippen MR) is 124 cm³/mol. The largest absolute Gasteiger partial charge is 0.481 e. The maximum Gasteiger partial charge on any atom is 0.304 e. The highest BCUT2D eigenvalue weighted by molar-refractivity contribution is 7.89. The van der Waals surface area contributed by atoms with Crippen molar-refractivity contribution in [3.05, 3.63) is 65.5 Å². The number of carbonyl (C=O) groups is 1. The third-order valence-electron chi connectivity index (χ3n) is 5.54. The van der Waals surface area contributed by atoms with Gasteiger partial charge in [0, 0.05) is 43.5 Å². The molecule has 0 amide bonds. The molecule has 0 aromatic heterocycles. The van der Waals surface area contributed by atoms with E-state index in [0.717, 1.165) is 6.07 Å². The van der Waals surface area contributed by atoms with Gasteiger partial charge in [-0.05, 0) is 30.2 Å². The van der Waals surface area contributed by atoms with E-state index in [4.69, 9.17) is 5.41 Å². The molecular formula is C23H27FN4O4S. The highest BCUT2D eigenvalue weighted by Gasteiger charge is 2.29. The van der Waals surface area contributed by atoms with Gasteiger partial charge in [-0.2, -0.15) is 4.31 Å². The monoisotopic (exact) mass is 474 g/mol. The lowest BCUT2D eigenvalue weighted by molar-refractivity contribution is -0.137. The highest BCUT2D eigenvalue weighted by Crippen LogP contribution is 2.24. The molecule has 1 unspecified atom stereocenters. The number of nitrogens with one attached hydrogen (secondary N) is 2. The summed E-state index contributed by atoms with van der Waals surface area (Å²) in [5, 5.41) is 20.9. The van der Waals surface area contributed by atoms with Gasteiger partial charge in [-0.3, -0.25) is 9.79 Å². The summed E-state index contributed by atoms with van der Waals surface area (Å²) >= 11 is 0. The summed E-state index contributed by atoms with van der Waals surface area (Å²) in [7, 11) is -3.91. The number of rotatable bonds is 9. The number of sulfonamides is 1. The first-order valence-corrected chi connectivity index (χ1v) is 12.0. The molecular weight excluding hydrogens is 447 g/mol. The van der Waals surface area contributed by atoms with Crippen molar-refractivity contribution in [2.45, 2.75) is 24.8 Å². The second kappa shape index (κ2) is 10.8. The smallest absolute Gasteiger partial charge is 0.304 e. The van der Waals surface area contributed by atoms with Crippen LogP contribution in [0, 0.1) is 17.1 Å². The molecule has 0 radical (unpaired) electrons. The Morgan fingerprint density at radius 1 is 1.21 bits per heavy atom. The second-order valence-electron chi connectivity index (χ2n) is 7.79. The molecule has 0 aliphatic carbocycles. The zero-order chi connectivity index (χ0) is 24.0. The highest BCUT2D eigenvalue weighted by atomic mass is 32.2. The van der Waals surface area contributed by atoms with Crippen LogP contribution in [0.2, 0.25) is 0 Å². The van der Waals surface area contributed by atoms with E-state index in [1.807, 2.05) is 0 Å². The molecule has 0 spiro atoms. The molecule has 33 heavy (non-hydrogen) atoms. The van der Waals surface area contributed by atoms with Crippen LogP contribution in [-0.2, 0) is 21.4 Å². The van der Waals surface area contributed by atoms with Crippen LogP contribution in [0.1, 0.15) is 24.5 Å². The molecule has 2 aromatic rings. The van der Waals surface area contributed by atoms with Crippen molar-refractivity contribution in [3.8, 4) is 0 Å². The van der Waals surface area contributed by atoms with Crippen LogP contribution >= 0.6 is 0 Å². The number of halogens is 1. The van der Waals surface area contributed by atoms with Gasteiger partial charge in [0.2, 0.25) is 10.0 Å². The number of carboxylic acids is 1. The van der Waals surface area contributed by atoms with Crippen molar-refractivity contribution in [2.75, 3.05) is 26.2 Å². The Hall–Kier alpha value is -2.95. The summed E-state index contributed by atoms with van der Waals surface area (Å²) < 4.78 is 41.6. The topological polar surface area (TPSA) is 123 Å². The fourth-order valence-corrected chi connectivity index (χ4v) is 5.36. The van der Waals surface area contributed by atoms with E-state index in [9.17, 15) is 22.7 Å². The summed E-state index contributed by atoms with van der Waals surface area (Å²) in [5.41, 5.74) is 1.41. The minimum atomic E-state index is -3.91. The summed E-state index contributed by atoms with van der Waals surface area (Å²) in [6, 6.07) is 12.3. The summed E-state index contributed by atoms with van der Waals surface area (Å²) in [6.45, 7) is 3.15. The predicted octanol–water partition coefficient (Wildman–Crippen LogP) is 2.54. The maximum atomic E-state index is 14.0. The van der Waals surface area contributed by atoms with Gasteiger partial charge >= 0.3 is 5.97 Å². The first-order valence-electron chi connectivity index (χ1n) is 10.6. The molecule has 1 saturated heterocycles. The third kappa shape index (κ3) is 6.10. The second-order valence-corrected chi connectivity index (χ2v) is 9.70. The van der Waals surface area contributed by atoms with Crippen LogP contribution in [0.25, 0.3) is 0 Å². The number of hydrogen-bond donors (Lipinski definition) is 3. The van der Waals surface area contributed by atoms with Gasteiger partial charge in [0.1, 0.15) is 5.82 Å². The van der Waals surface area contributed by atoms with Gasteiger partial charge in [0.05, 0.1) is 17.9 Å². The average Bonchev–Trinajstić information content (AvgIpc) is 2.82. The quantitative estimate of drug-likeness (QED) is 0.482. The zero-order valence-corrected chi connectivity index (χ0v) is 19.1. The summed E-state index contributed by atoms with van der Waals surface area (Å²) in [5.74, 6) is -2.51. The lowest BCUT2D eigenvalue weighted by Crippen LogP contribution is -2.46. The molecule has 1 aliphatic rings. The first-order chi connectivity index (χ1) is 15.7. The number of aliphatic carboxylic acids is 1. The van der Waals surface area contributed by atoms with Crippen LogP contribution in [-0.4, -0.2) is 61.4 Å². The molecule has 8 nitrogen and oxygen atoms in total. The SMILES string of the molecule is CC(=NCc1ccc(F)cc1S(=O)(=O)N1CCNCC1)C(CC(=O)O)C(=N)c1ccccc1. The number of nitrogens with zero attached hydrogens (tertiary/aromatic N) is 2. The first kappa shape index (κ1) is 24.7. The van der Waals surface area contributed by atoms with Crippen molar-refractivity contribution >= 4 is 27.4 Å². The van der Waals surface area contributed by atoms with E-state index in [-0.39, 0.29) is 36.7 Å². The van der Waals surface area contributed by atoms with E-state index in [2.05, 4.69) is 10.3 Å². The molecule has 0 saturated carbocycles. The van der Waals surface area contributed by atoms with Gasteiger partial charge in [0.15, 0.2) is 0 Å². The van der Waals surface area contributed by atoms with Crippen LogP contribution in [0.5, 0.6) is 0 Å². The van der Waals surface area contributed by atoms with Gasteiger partial charge in [0.25, 0.3) is 0 Å². The number of carboxylic acid groups (broad SMARTS) is 1. The van der Waals surface area contributed by atoms with E-state index in [0.29, 0.717) is 29.9 Å². The summed E-state index contributed by atoms with van der Waals surface area (Å²) in [6.07, 6.45) is -0.321. The van der Waals surface area contributed by atoms with Crippen molar-refractivity contribution in [1.82, 2.24) is 9.62 Å². The molecule has 2 aromatic carbocycles. The number of aliphatic imine (C=N–C) groups is 1. The van der Waals surface area contributed by atoms with Crippen molar-refractivity contribution in [1.29, 1.82) is 5.41 Å². The number of benzene rings is 2. The lowest BCUT2D eigenvalue weighted by atomic mass is 9.90. The molecule has 3 rings (SSSR count). The molecule has 10 heteroatoms. The van der Waals surface area contributed by atoms with E-state index in [1.165, 1.54) is 16.4 Å². The molecule has 1 aliphatic heterocycles. The van der Waals surface area contributed by atoms with Gasteiger partial charge < -0.3 is 15.8 Å². The molecule has 0 bridgehead atoms. The normalized spacial score (nSPS) is 16.4. The van der Waals surface area contributed by atoms with Crippen LogP contribution in [0.3, 0.4) is 0 Å². The van der Waals surface area contributed by atoms with Crippen molar-refractivity contribution in [3.63, 3.8) is 0 Å². The zero-order valence-electron chi connectivity index (χ0n) is 18.3. The van der Waals surface area contributed by atoms with Crippen LogP contribution in [0.15, 0.2) is 58.4 Å². The Labute approximate surface area is 192 Å². The van der Waals surface area contributed by atoms with E-state index < -0.39 is 27.7 Å².